The van der Waals surface area contributed by atoms with Gasteiger partial charge in [-0.1, -0.05) is 12.7 Å². The standard InChI is InChI=1S/C24H20N4O2S/c1-3-30-22-9-5-16-11-18(15-4-7-19(25)14(2)10-15)24(29)28(23(16)27-22)17-6-8-21-20(12-17)26-13-31-21/h4-12,25-26H,2-3,13H2,1H3. The van der Waals surface area contributed by atoms with Gasteiger partial charge in [-0.2, -0.15) is 4.98 Å². The van der Waals surface area contributed by atoms with E-state index in [1.165, 1.54) is 0 Å². The van der Waals surface area contributed by atoms with Gasteiger partial charge in [0.05, 0.1) is 29.6 Å². The Kier molecular flexibility index (Phi) is 4.75. The zero-order chi connectivity index (χ0) is 21.5. The van der Waals surface area contributed by atoms with Gasteiger partial charge < -0.3 is 15.5 Å². The summed E-state index contributed by atoms with van der Waals surface area (Å²) in [6.07, 6.45) is 5.23. The van der Waals surface area contributed by atoms with E-state index in [9.17, 15) is 4.79 Å². The van der Waals surface area contributed by atoms with Crippen LogP contribution in [-0.4, -0.2) is 27.7 Å². The van der Waals surface area contributed by atoms with Crippen LogP contribution >= 0.6 is 11.8 Å². The number of hydrogen-bond donors (Lipinski definition) is 2. The molecule has 0 spiro atoms. The number of anilines is 1. The summed E-state index contributed by atoms with van der Waals surface area (Å²) in [4.78, 5) is 19.5. The Morgan fingerprint density at radius 2 is 2.13 bits per heavy atom. The molecule has 2 aromatic heterocycles. The summed E-state index contributed by atoms with van der Waals surface area (Å²) in [6, 6.07) is 11.5. The highest BCUT2D eigenvalue weighted by Crippen LogP contribution is 2.35. The number of thioether (sulfide) groups is 1. The average Bonchev–Trinajstić information content (AvgIpc) is 3.23. The van der Waals surface area contributed by atoms with Gasteiger partial charge in [-0.15, -0.1) is 11.8 Å². The lowest BCUT2D eigenvalue weighted by molar-refractivity contribution is 0.328. The quantitative estimate of drug-likeness (QED) is 0.625. The molecule has 0 atom stereocenters. The maximum Gasteiger partial charge on any atom is 0.264 e. The fraction of sp³-hybridized carbons (Fsp3) is 0.125. The topological polar surface area (TPSA) is 80.0 Å². The van der Waals surface area contributed by atoms with Crippen LogP contribution < -0.4 is 15.6 Å². The number of nitrogens with one attached hydrogen (secondary N) is 2. The zero-order valence-electron chi connectivity index (χ0n) is 16.9. The Bertz CT molecular complexity index is 1380. The first-order valence-electron chi connectivity index (χ1n) is 9.94. The molecule has 154 valence electrons. The lowest BCUT2D eigenvalue weighted by Crippen LogP contribution is -2.23. The highest BCUT2D eigenvalue weighted by atomic mass is 32.2. The van der Waals surface area contributed by atoms with Gasteiger partial charge >= 0.3 is 0 Å². The number of ether oxygens (including phenoxy) is 1. The van der Waals surface area contributed by atoms with E-state index in [0.717, 1.165) is 33.1 Å². The van der Waals surface area contributed by atoms with Gasteiger partial charge in [-0.3, -0.25) is 9.36 Å². The Hall–Kier alpha value is -3.58. The van der Waals surface area contributed by atoms with Crippen molar-refractivity contribution in [3.05, 3.63) is 82.7 Å². The first kappa shape index (κ1) is 19.4. The molecule has 2 aliphatic rings. The van der Waals surface area contributed by atoms with Gasteiger partial charge in [-0.25, -0.2) is 0 Å². The van der Waals surface area contributed by atoms with E-state index in [0.29, 0.717) is 35.0 Å². The summed E-state index contributed by atoms with van der Waals surface area (Å²) < 4.78 is 7.23. The normalized spacial score (nSPS) is 15.1. The highest BCUT2D eigenvalue weighted by Gasteiger charge is 2.19. The number of nitrogens with zero attached hydrogens (tertiary/aromatic N) is 2. The Labute approximate surface area is 183 Å². The fourth-order valence-corrected chi connectivity index (χ4v) is 4.55. The van der Waals surface area contributed by atoms with Crippen molar-refractivity contribution in [2.45, 2.75) is 11.8 Å². The monoisotopic (exact) mass is 428 g/mol. The van der Waals surface area contributed by atoms with E-state index in [1.54, 1.807) is 34.6 Å². The van der Waals surface area contributed by atoms with Crippen LogP contribution in [0.3, 0.4) is 0 Å². The van der Waals surface area contributed by atoms with Crippen LogP contribution in [-0.2, 0) is 0 Å². The van der Waals surface area contributed by atoms with E-state index in [4.69, 9.17) is 10.1 Å². The number of allylic oxidation sites excluding steroid dienone is 5. The summed E-state index contributed by atoms with van der Waals surface area (Å²) in [7, 11) is 0. The fourth-order valence-electron chi connectivity index (χ4n) is 3.72. The molecule has 0 amide bonds. The maximum absolute atomic E-state index is 13.7. The molecule has 31 heavy (non-hydrogen) atoms. The minimum absolute atomic E-state index is 0.184. The molecule has 0 bridgehead atoms. The third-order valence-corrected chi connectivity index (χ3v) is 6.20. The number of fused-ring (bicyclic) bond motifs is 2. The molecule has 6 nitrogen and oxygen atoms in total. The van der Waals surface area contributed by atoms with E-state index in [1.807, 2.05) is 43.3 Å². The van der Waals surface area contributed by atoms with Crippen molar-refractivity contribution in [1.29, 1.82) is 5.41 Å². The van der Waals surface area contributed by atoms with E-state index >= 15 is 0 Å². The lowest BCUT2D eigenvalue weighted by Gasteiger charge is -2.16. The first-order valence-corrected chi connectivity index (χ1v) is 10.9. The van der Waals surface area contributed by atoms with Crippen molar-refractivity contribution in [2.75, 3.05) is 17.8 Å². The molecular weight excluding hydrogens is 408 g/mol. The Morgan fingerprint density at radius 3 is 2.94 bits per heavy atom. The molecule has 2 N–H and O–H groups in total. The van der Waals surface area contributed by atoms with Crippen molar-refractivity contribution < 1.29 is 4.74 Å². The smallest absolute Gasteiger partial charge is 0.264 e. The molecule has 0 saturated heterocycles. The van der Waals surface area contributed by atoms with Crippen molar-refractivity contribution in [3.8, 4) is 11.6 Å². The van der Waals surface area contributed by atoms with Gasteiger partial charge in [0.15, 0.2) is 5.65 Å². The van der Waals surface area contributed by atoms with Gasteiger partial charge in [-0.05, 0) is 60.6 Å². The van der Waals surface area contributed by atoms with Crippen molar-refractivity contribution in [3.63, 3.8) is 0 Å². The molecule has 0 unspecified atom stereocenters. The van der Waals surface area contributed by atoms with Crippen LogP contribution in [0.15, 0.2) is 76.5 Å². The van der Waals surface area contributed by atoms with E-state index in [-0.39, 0.29) is 5.56 Å². The first-order chi connectivity index (χ1) is 15.0. The molecule has 0 radical (unpaired) electrons. The molecular formula is C24H20N4O2S. The van der Waals surface area contributed by atoms with Crippen LogP contribution in [0.25, 0.3) is 22.3 Å². The summed E-state index contributed by atoms with van der Waals surface area (Å²) in [5.74, 6) is 1.29. The molecule has 0 saturated carbocycles. The third kappa shape index (κ3) is 3.37. The Balaban J connectivity index is 1.79. The summed E-state index contributed by atoms with van der Waals surface area (Å²) >= 11 is 1.73. The number of pyridine rings is 2. The van der Waals surface area contributed by atoms with Crippen LogP contribution in [0, 0.1) is 5.41 Å². The molecule has 1 aliphatic carbocycles. The minimum atomic E-state index is -0.184. The molecule has 5 rings (SSSR count). The Morgan fingerprint density at radius 1 is 1.26 bits per heavy atom. The summed E-state index contributed by atoms with van der Waals surface area (Å²) in [5, 5.41) is 12.1. The second-order valence-corrected chi connectivity index (χ2v) is 8.23. The SMILES string of the molecule is C=C1C=C(c2cc3ccc(OCC)nc3n(-c3ccc4c(c3)NCS4)c2=O)C=CC1=N. The average molecular weight is 429 g/mol. The van der Waals surface area contributed by atoms with E-state index < -0.39 is 0 Å². The highest BCUT2D eigenvalue weighted by molar-refractivity contribution is 7.99. The number of aromatic nitrogens is 2. The van der Waals surface area contributed by atoms with Crippen molar-refractivity contribution >= 4 is 39.8 Å². The molecule has 1 aromatic carbocycles. The molecule has 7 heteroatoms. The maximum atomic E-state index is 13.7. The lowest BCUT2D eigenvalue weighted by atomic mass is 9.96. The zero-order valence-corrected chi connectivity index (χ0v) is 17.8. The van der Waals surface area contributed by atoms with Gasteiger partial charge in [0.2, 0.25) is 5.88 Å². The largest absolute Gasteiger partial charge is 0.478 e. The van der Waals surface area contributed by atoms with Crippen LogP contribution in [0.5, 0.6) is 5.88 Å². The molecule has 3 aromatic rings. The van der Waals surface area contributed by atoms with Gasteiger partial charge in [0.1, 0.15) is 0 Å². The van der Waals surface area contributed by atoms with Gasteiger partial charge in [0, 0.05) is 21.9 Å². The van der Waals surface area contributed by atoms with Crippen LogP contribution in [0.2, 0.25) is 0 Å². The molecule has 1 aliphatic heterocycles. The number of hydrogen-bond acceptors (Lipinski definition) is 6. The predicted octanol–water partition coefficient (Wildman–Crippen LogP) is 4.79. The number of benzene rings is 1. The van der Waals surface area contributed by atoms with E-state index in [2.05, 4.69) is 16.9 Å². The van der Waals surface area contributed by atoms with Gasteiger partial charge in [0.25, 0.3) is 5.56 Å². The predicted molar refractivity (Wildman–Crippen MR) is 127 cm³/mol. The second-order valence-electron chi connectivity index (χ2n) is 7.21. The summed E-state index contributed by atoms with van der Waals surface area (Å²) in [5.41, 5.74) is 4.28. The number of rotatable bonds is 4. The third-order valence-electron chi connectivity index (χ3n) is 5.25. The second kappa shape index (κ2) is 7.59. The molecule has 3 heterocycles. The minimum Gasteiger partial charge on any atom is -0.478 e. The van der Waals surface area contributed by atoms with Crippen LogP contribution in [0.1, 0.15) is 12.5 Å². The molecule has 0 fully saturated rings. The van der Waals surface area contributed by atoms with Crippen molar-refractivity contribution in [1.82, 2.24) is 9.55 Å². The summed E-state index contributed by atoms with van der Waals surface area (Å²) in [6.45, 7) is 6.31. The van der Waals surface area contributed by atoms with Crippen molar-refractivity contribution in [2.24, 2.45) is 0 Å². The van der Waals surface area contributed by atoms with Crippen LogP contribution in [0.4, 0.5) is 5.69 Å².